The molecule has 17 nitrogen and oxygen atoms in total. The highest BCUT2D eigenvalue weighted by atomic mass is 35.5. The predicted molar refractivity (Wildman–Crippen MR) is 253 cm³/mol. The third-order valence-electron chi connectivity index (χ3n) is 12.4. The SMILES string of the molecule is COc1ccc(C[C@H]2NC(=O)/C=C\C[C@@H]([C@H](C)[C@H]3O[C@@H]3c3ccc(CC4CNCCN4CCOCCOCCOC(C)C(=O)O)cc3)OC(=O)[C@H](CC(C)C)OC(=O)C(C)(C)CNC2=O)cc1Cl. The van der Waals surface area contributed by atoms with Gasteiger partial charge in [0.15, 0.2) is 12.2 Å². The van der Waals surface area contributed by atoms with E-state index in [9.17, 15) is 24.0 Å². The fourth-order valence-electron chi connectivity index (χ4n) is 8.10. The largest absolute Gasteiger partial charge is 0.495 e. The molecule has 5 rings (SSSR count). The van der Waals surface area contributed by atoms with E-state index in [4.69, 9.17) is 49.9 Å². The molecule has 2 unspecified atom stereocenters. The highest BCUT2D eigenvalue weighted by molar-refractivity contribution is 6.32. The standard InChI is InChI=1S/C50H71ClN4O13/c1-31(2)25-42-48(60)66-40(9-8-10-43(56)54-39(28-35-13-16-41(62-7)38(51)27-35)46(57)53-30-50(5,6)49(61)67-42)32(3)44-45(68-44)36-14-11-34(12-15-36)26-37-29-52-17-18-55(37)19-20-63-21-22-64-23-24-65-33(4)47(58)59/h8,10-16,27,31-33,37,39-40,42,44-45,52H,9,17-26,28-30H2,1-7H3,(H,53,57)(H,54,56)(H,58,59)/b10-8-/t32-,33?,37?,39+,40-,42-,44+,45+/m0/s1. The molecule has 2 amide bonds. The first kappa shape index (κ1) is 54.3. The molecule has 68 heavy (non-hydrogen) atoms. The van der Waals surface area contributed by atoms with Crippen LogP contribution in [0.1, 0.15) is 77.2 Å². The van der Waals surface area contributed by atoms with Gasteiger partial charge in [-0.2, -0.15) is 0 Å². The number of rotatable bonds is 21. The average molecular weight is 972 g/mol. The van der Waals surface area contributed by atoms with E-state index in [2.05, 4.69) is 45.1 Å². The molecule has 2 aromatic rings. The normalized spacial score (nSPS) is 25.4. The van der Waals surface area contributed by atoms with Crippen molar-refractivity contribution in [2.45, 2.75) is 110 Å². The highest BCUT2D eigenvalue weighted by Gasteiger charge is 2.48. The zero-order valence-corrected chi connectivity index (χ0v) is 41.2. The quantitative estimate of drug-likeness (QED) is 0.0773. The lowest BCUT2D eigenvalue weighted by Crippen LogP contribution is -2.53. The summed E-state index contributed by atoms with van der Waals surface area (Å²) in [5.74, 6) is -3.27. The molecule has 2 fully saturated rings. The first-order valence-electron chi connectivity index (χ1n) is 23.6. The summed E-state index contributed by atoms with van der Waals surface area (Å²) in [6.45, 7) is 15.7. The first-order chi connectivity index (χ1) is 32.4. The number of amides is 2. The molecule has 0 spiro atoms. The van der Waals surface area contributed by atoms with Crippen LogP contribution < -0.4 is 20.7 Å². The third-order valence-corrected chi connectivity index (χ3v) is 12.7. The first-order valence-corrected chi connectivity index (χ1v) is 24.0. The summed E-state index contributed by atoms with van der Waals surface area (Å²) in [6, 6.07) is 12.8. The summed E-state index contributed by atoms with van der Waals surface area (Å²) in [7, 11) is 1.50. The van der Waals surface area contributed by atoms with Crippen LogP contribution in [0.15, 0.2) is 54.6 Å². The van der Waals surface area contributed by atoms with Crippen molar-refractivity contribution in [2.24, 2.45) is 17.3 Å². The lowest BCUT2D eigenvalue weighted by atomic mass is 9.92. The highest BCUT2D eigenvalue weighted by Crippen LogP contribution is 2.45. The van der Waals surface area contributed by atoms with Gasteiger partial charge >= 0.3 is 17.9 Å². The second-order valence-electron chi connectivity index (χ2n) is 18.8. The van der Waals surface area contributed by atoms with Crippen LogP contribution in [0.3, 0.4) is 0 Å². The number of piperazine rings is 1. The number of carbonyl (C=O) groups excluding carboxylic acids is 4. The Morgan fingerprint density at radius 1 is 0.941 bits per heavy atom. The van der Waals surface area contributed by atoms with Gasteiger partial charge in [-0.3, -0.25) is 19.3 Å². The summed E-state index contributed by atoms with van der Waals surface area (Å²) in [4.78, 5) is 67.9. The zero-order valence-electron chi connectivity index (χ0n) is 40.5. The number of aliphatic carboxylic acids is 1. The molecule has 2 aromatic carbocycles. The van der Waals surface area contributed by atoms with Gasteiger partial charge in [-0.1, -0.05) is 68.8 Å². The van der Waals surface area contributed by atoms with Gasteiger partial charge < -0.3 is 54.2 Å². The Morgan fingerprint density at radius 3 is 2.34 bits per heavy atom. The molecule has 0 aromatic heterocycles. The number of nitrogens with zero attached hydrogens (tertiary/aromatic N) is 1. The number of carboxylic acid groups (broad SMARTS) is 1. The van der Waals surface area contributed by atoms with E-state index in [1.54, 1.807) is 38.1 Å². The van der Waals surface area contributed by atoms with Crippen molar-refractivity contribution in [1.29, 1.82) is 0 Å². The number of carbonyl (C=O) groups is 5. The third kappa shape index (κ3) is 16.8. The maximum Gasteiger partial charge on any atom is 0.347 e. The maximum atomic E-state index is 13.9. The Balaban J connectivity index is 1.21. The van der Waals surface area contributed by atoms with Crippen LogP contribution in [0.5, 0.6) is 5.75 Å². The number of epoxide rings is 1. The van der Waals surface area contributed by atoms with Gasteiger partial charge in [-0.25, -0.2) is 9.59 Å². The van der Waals surface area contributed by atoms with E-state index in [0.717, 1.165) is 38.2 Å². The maximum absolute atomic E-state index is 13.9. The van der Waals surface area contributed by atoms with Crippen molar-refractivity contribution >= 4 is 41.3 Å². The molecule has 0 aliphatic carbocycles. The second-order valence-corrected chi connectivity index (χ2v) is 19.2. The summed E-state index contributed by atoms with van der Waals surface area (Å²) >= 11 is 6.38. The molecule has 8 atom stereocenters. The average Bonchev–Trinajstić information content (AvgIpc) is 4.10. The minimum Gasteiger partial charge on any atom is -0.495 e. The smallest absolute Gasteiger partial charge is 0.347 e. The van der Waals surface area contributed by atoms with Gasteiger partial charge in [0.25, 0.3) is 0 Å². The number of esters is 2. The van der Waals surface area contributed by atoms with Crippen molar-refractivity contribution in [3.05, 3.63) is 76.3 Å². The van der Waals surface area contributed by atoms with E-state index in [-0.39, 0.29) is 62.5 Å². The van der Waals surface area contributed by atoms with Crippen molar-refractivity contribution in [3.63, 3.8) is 0 Å². The van der Waals surface area contributed by atoms with Crippen LogP contribution in [-0.4, -0.2) is 149 Å². The fourth-order valence-corrected chi connectivity index (χ4v) is 8.38. The molecule has 0 radical (unpaired) electrons. The number of nitrogens with one attached hydrogen (secondary N) is 3. The Bertz CT molecular complexity index is 2020. The van der Waals surface area contributed by atoms with Gasteiger partial charge in [-0.05, 0) is 74.4 Å². The molecule has 18 heteroatoms. The number of ether oxygens (including phenoxy) is 7. The number of hydrogen-bond acceptors (Lipinski definition) is 14. The lowest BCUT2D eigenvalue weighted by molar-refractivity contribution is -0.179. The number of halogens is 1. The molecule has 3 aliphatic rings. The fraction of sp³-hybridized carbons (Fsp3) is 0.620. The van der Waals surface area contributed by atoms with Crippen molar-refractivity contribution in [2.75, 3.05) is 72.9 Å². The number of hydrogen-bond donors (Lipinski definition) is 4. The second kappa shape index (κ2) is 26.4. The Kier molecular flexibility index (Phi) is 21.1. The minimum atomic E-state index is -1.24. The predicted octanol–water partition coefficient (Wildman–Crippen LogP) is 4.46. The minimum absolute atomic E-state index is 0.0154. The molecule has 376 valence electrons. The molecule has 2 saturated heterocycles. The van der Waals surface area contributed by atoms with E-state index < -0.39 is 59.5 Å². The van der Waals surface area contributed by atoms with Crippen LogP contribution in [0.4, 0.5) is 0 Å². The molecule has 0 saturated carbocycles. The summed E-state index contributed by atoms with van der Waals surface area (Å²) in [5, 5.41) is 18.3. The van der Waals surface area contributed by atoms with Crippen molar-refractivity contribution in [1.82, 2.24) is 20.9 Å². The number of cyclic esters (lactones) is 2. The number of methoxy groups -OCH3 is 1. The number of carboxylic acids is 1. The van der Waals surface area contributed by atoms with Gasteiger partial charge in [0, 0.05) is 57.5 Å². The molecule has 3 aliphatic heterocycles. The van der Waals surface area contributed by atoms with Crippen LogP contribution in [-0.2, 0) is 65.2 Å². The van der Waals surface area contributed by atoms with Crippen molar-refractivity contribution in [3.8, 4) is 5.75 Å². The molecular weight excluding hydrogens is 900 g/mol. The summed E-state index contributed by atoms with van der Waals surface area (Å²) in [5.41, 5.74) is 1.62. The monoisotopic (exact) mass is 970 g/mol. The van der Waals surface area contributed by atoms with Crippen LogP contribution in [0.25, 0.3) is 0 Å². The van der Waals surface area contributed by atoms with Gasteiger partial charge in [0.1, 0.15) is 24.0 Å². The van der Waals surface area contributed by atoms with Gasteiger partial charge in [0.05, 0.1) is 56.7 Å². The van der Waals surface area contributed by atoms with E-state index in [0.29, 0.717) is 42.8 Å². The Hall–Kier alpha value is -4.62. The Labute approximate surface area is 405 Å². The lowest BCUT2D eigenvalue weighted by Gasteiger charge is -2.36. The topological polar surface area (TPSA) is 213 Å². The van der Waals surface area contributed by atoms with Crippen LogP contribution in [0.2, 0.25) is 5.02 Å². The van der Waals surface area contributed by atoms with Crippen LogP contribution in [0, 0.1) is 17.3 Å². The van der Waals surface area contributed by atoms with Crippen molar-refractivity contribution < 1.29 is 62.2 Å². The number of benzene rings is 2. The molecule has 0 bridgehead atoms. The summed E-state index contributed by atoms with van der Waals surface area (Å²) in [6.07, 6.45) is 0.936. The molecule has 3 heterocycles. The molecular formula is C50H71ClN4O13. The van der Waals surface area contributed by atoms with Crippen LogP contribution >= 0.6 is 11.6 Å². The Morgan fingerprint density at radius 2 is 1.65 bits per heavy atom. The summed E-state index contributed by atoms with van der Waals surface area (Å²) < 4.78 is 40.1. The van der Waals surface area contributed by atoms with E-state index >= 15 is 0 Å². The van der Waals surface area contributed by atoms with E-state index in [1.165, 1.54) is 25.7 Å². The zero-order chi connectivity index (χ0) is 49.4. The molecule has 4 N–H and O–H groups in total. The van der Waals surface area contributed by atoms with Gasteiger partial charge in [0.2, 0.25) is 11.8 Å². The van der Waals surface area contributed by atoms with E-state index in [1.807, 2.05) is 20.8 Å². The van der Waals surface area contributed by atoms with Gasteiger partial charge in [-0.15, -0.1) is 0 Å².